The Morgan fingerprint density at radius 1 is 1.38 bits per heavy atom. The molecule has 0 spiro atoms. The third-order valence-electron chi connectivity index (χ3n) is 3.91. The van der Waals surface area contributed by atoms with Crippen LogP contribution in [0.15, 0.2) is 29.2 Å². The summed E-state index contributed by atoms with van der Waals surface area (Å²) < 4.78 is 0. The fraction of sp³-hybridized carbons (Fsp3) is 0.500. The van der Waals surface area contributed by atoms with Crippen molar-refractivity contribution < 1.29 is 14.7 Å². The molecule has 2 rings (SSSR count). The maximum atomic E-state index is 12.3. The van der Waals surface area contributed by atoms with Gasteiger partial charge in [-0.25, -0.2) is 4.79 Å². The molecule has 1 saturated heterocycles. The molecule has 1 heterocycles. The minimum atomic E-state index is -0.893. The molecule has 0 bridgehead atoms. The summed E-state index contributed by atoms with van der Waals surface area (Å²) in [6.07, 6.45) is 1.43. The van der Waals surface area contributed by atoms with Crippen molar-refractivity contribution in [1.82, 2.24) is 4.90 Å². The molecule has 1 aliphatic heterocycles. The van der Waals surface area contributed by atoms with Gasteiger partial charge in [-0.05, 0) is 37.3 Å². The Bertz CT molecular complexity index is 532. The van der Waals surface area contributed by atoms with Crippen LogP contribution in [0.2, 0.25) is 0 Å². The third kappa shape index (κ3) is 4.00. The normalized spacial score (nSPS) is 22.1. The van der Waals surface area contributed by atoms with Gasteiger partial charge in [0.15, 0.2) is 0 Å². The van der Waals surface area contributed by atoms with Gasteiger partial charge >= 0.3 is 5.97 Å². The summed E-state index contributed by atoms with van der Waals surface area (Å²) in [4.78, 5) is 26.3. The van der Waals surface area contributed by atoms with E-state index in [-0.39, 0.29) is 5.91 Å². The number of nitrogens with zero attached hydrogens (tertiary/aromatic N) is 1. The Labute approximate surface area is 129 Å². The topological polar surface area (TPSA) is 57.6 Å². The number of aryl methyl sites for hydroxylation is 1. The summed E-state index contributed by atoms with van der Waals surface area (Å²) in [6, 6.07) is 7.24. The summed E-state index contributed by atoms with van der Waals surface area (Å²) in [5, 5.41) is 9.30. The highest BCUT2D eigenvalue weighted by Gasteiger charge is 2.34. The summed E-state index contributed by atoms with van der Waals surface area (Å²) in [5.74, 6) is -0.319. The van der Waals surface area contributed by atoms with Crippen LogP contribution in [0.1, 0.15) is 25.3 Å². The van der Waals surface area contributed by atoms with Crippen LogP contribution < -0.4 is 0 Å². The molecular formula is C16H21NO3S. The van der Waals surface area contributed by atoms with E-state index in [9.17, 15) is 14.7 Å². The number of rotatable bonds is 4. The monoisotopic (exact) mass is 307 g/mol. The van der Waals surface area contributed by atoms with Gasteiger partial charge in [0.25, 0.3) is 0 Å². The van der Waals surface area contributed by atoms with Crippen LogP contribution >= 0.6 is 11.8 Å². The quantitative estimate of drug-likeness (QED) is 0.869. The van der Waals surface area contributed by atoms with Gasteiger partial charge in [-0.3, -0.25) is 4.79 Å². The number of hydrogen-bond acceptors (Lipinski definition) is 3. The number of piperidine rings is 1. The lowest BCUT2D eigenvalue weighted by molar-refractivity contribution is -0.151. The standard InChI is InChI=1S/C16H21NO3S/c1-11-7-8-17(13(9-11)16(19)20)15(18)10-21-14-6-4-3-5-12(14)2/h3-6,11,13H,7-10H2,1-2H3,(H,19,20). The number of aliphatic carboxylic acids is 1. The van der Waals surface area contributed by atoms with Crippen molar-refractivity contribution in [2.75, 3.05) is 12.3 Å². The second-order valence-electron chi connectivity index (χ2n) is 5.62. The number of benzene rings is 1. The molecule has 5 heteroatoms. The Kier molecular flexibility index (Phi) is 5.28. The van der Waals surface area contributed by atoms with Gasteiger partial charge in [0.1, 0.15) is 6.04 Å². The number of hydrogen-bond donors (Lipinski definition) is 1. The van der Waals surface area contributed by atoms with Crippen molar-refractivity contribution in [3.8, 4) is 0 Å². The Morgan fingerprint density at radius 2 is 2.10 bits per heavy atom. The van der Waals surface area contributed by atoms with E-state index in [1.54, 1.807) is 0 Å². The first kappa shape index (κ1) is 15.9. The molecule has 1 fully saturated rings. The Morgan fingerprint density at radius 3 is 2.76 bits per heavy atom. The fourth-order valence-electron chi connectivity index (χ4n) is 2.61. The van der Waals surface area contributed by atoms with Crippen LogP contribution in [0.4, 0.5) is 0 Å². The number of likely N-dealkylation sites (tertiary alicyclic amines) is 1. The molecule has 0 aromatic heterocycles. The molecule has 0 radical (unpaired) electrons. The smallest absolute Gasteiger partial charge is 0.326 e. The minimum Gasteiger partial charge on any atom is -0.480 e. The molecule has 1 aromatic rings. The average Bonchev–Trinajstić information content (AvgIpc) is 2.46. The summed E-state index contributed by atoms with van der Waals surface area (Å²) >= 11 is 1.48. The van der Waals surface area contributed by atoms with E-state index in [2.05, 4.69) is 0 Å². The van der Waals surface area contributed by atoms with Crippen molar-refractivity contribution in [2.24, 2.45) is 5.92 Å². The number of carbonyl (C=O) groups excluding carboxylic acids is 1. The largest absolute Gasteiger partial charge is 0.480 e. The van der Waals surface area contributed by atoms with Crippen molar-refractivity contribution in [3.05, 3.63) is 29.8 Å². The van der Waals surface area contributed by atoms with Gasteiger partial charge in [-0.15, -0.1) is 11.8 Å². The molecule has 1 aromatic carbocycles. The Hall–Kier alpha value is -1.49. The second-order valence-corrected chi connectivity index (χ2v) is 6.64. The maximum Gasteiger partial charge on any atom is 0.326 e. The fourth-order valence-corrected chi connectivity index (χ4v) is 3.53. The van der Waals surface area contributed by atoms with Gasteiger partial charge in [0.05, 0.1) is 5.75 Å². The van der Waals surface area contributed by atoms with Gasteiger partial charge in [-0.2, -0.15) is 0 Å². The lowest BCUT2D eigenvalue weighted by Gasteiger charge is -2.36. The molecule has 0 aliphatic carbocycles. The molecule has 114 valence electrons. The van der Waals surface area contributed by atoms with E-state index in [4.69, 9.17) is 0 Å². The lowest BCUT2D eigenvalue weighted by atomic mass is 9.92. The van der Waals surface area contributed by atoms with Gasteiger partial charge in [-0.1, -0.05) is 25.1 Å². The van der Waals surface area contributed by atoms with Crippen LogP contribution in [0.3, 0.4) is 0 Å². The van der Waals surface area contributed by atoms with Crippen molar-refractivity contribution in [3.63, 3.8) is 0 Å². The minimum absolute atomic E-state index is 0.0810. The van der Waals surface area contributed by atoms with E-state index in [0.717, 1.165) is 16.9 Å². The van der Waals surface area contributed by atoms with Crippen molar-refractivity contribution in [2.45, 2.75) is 37.6 Å². The lowest BCUT2D eigenvalue weighted by Crippen LogP contribution is -2.50. The zero-order chi connectivity index (χ0) is 15.4. The molecule has 0 saturated carbocycles. The molecule has 4 nitrogen and oxygen atoms in total. The zero-order valence-electron chi connectivity index (χ0n) is 12.4. The maximum absolute atomic E-state index is 12.3. The molecule has 2 unspecified atom stereocenters. The van der Waals surface area contributed by atoms with E-state index < -0.39 is 12.0 Å². The van der Waals surface area contributed by atoms with Crippen LogP contribution in [0.25, 0.3) is 0 Å². The number of carbonyl (C=O) groups is 2. The third-order valence-corrected chi connectivity index (χ3v) is 5.08. The average molecular weight is 307 g/mol. The molecule has 21 heavy (non-hydrogen) atoms. The molecule has 2 atom stereocenters. The predicted molar refractivity (Wildman–Crippen MR) is 83.4 cm³/mol. The van der Waals surface area contributed by atoms with Gasteiger partial charge in [0.2, 0.25) is 5.91 Å². The highest BCUT2D eigenvalue weighted by atomic mass is 32.2. The summed E-state index contributed by atoms with van der Waals surface area (Å²) in [5.41, 5.74) is 1.14. The molecular weight excluding hydrogens is 286 g/mol. The van der Waals surface area contributed by atoms with Crippen LogP contribution in [0.5, 0.6) is 0 Å². The molecule has 1 aliphatic rings. The van der Waals surface area contributed by atoms with E-state index in [1.807, 2.05) is 38.1 Å². The molecule has 1 N–H and O–H groups in total. The first-order chi connectivity index (χ1) is 9.99. The van der Waals surface area contributed by atoms with Crippen LogP contribution in [0, 0.1) is 12.8 Å². The highest BCUT2D eigenvalue weighted by molar-refractivity contribution is 8.00. The summed E-state index contributed by atoms with van der Waals surface area (Å²) in [6.45, 7) is 4.60. The van der Waals surface area contributed by atoms with Crippen molar-refractivity contribution in [1.29, 1.82) is 0 Å². The van der Waals surface area contributed by atoms with E-state index in [1.165, 1.54) is 16.7 Å². The summed E-state index contributed by atoms with van der Waals surface area (Å²) in [7, 11) is 0. The number of carboxylic acid groups (broad SMARTS) is 1. The van der Waals surface area contributed by atoms with Crippen LogP contribution in [-0.2, 0) is 9.59 Å². The highest BCUT2D eigenvalue weighted by Crippen LogP contribution is 2.26. The number of amides is 1. The predicted octanol–water partition coefficient (Wildman–Crippen LogP) is 2.80. The molecule has 1 amide bonds. The van der Waals surface area contributed by atoms with Gasteiger partial charge in [0, 0.05) is 11.4 Å². The zero-order valence-corrected chi connectivity index (χ0v) is 13.2. The first-order valence-electron chi connectivity index (χ1n) is 7.19. The Balaban J connectivity index is 1.99. The van der Waals surface area contributed by atoms with Crippen molar-refractivity contribution >= 4 is 23.6 Å². The van der Waals surface area contributed by atoms with Crippen LogP contribution in [-0.4, -0.2) is 40.2 Å². The first-order valence-corrected chi connectivity index (χ1v) is 8.18. The SMILES string of the molecule is Cc1ccccc1SCC(=O)N1CCC(C)CC1C(=O)O. The number of thioether (sulfide) groups is 1. The van der Waals surface area contributed by atoms with Gasteiger partial charge < -0.3 is 10.0 Å². The van der Waals surface area contributed by atoms with E-state index >= 15 is 0 Å². The second kappa shape index (κ2) is 6.98. The van der Waals surface area contributed by atoms with E-state index in [0.29, 0.717) is 24.6 Å². The number of carboxylic acids is 1.